The summed E-state index contributed by atoms with van der Waals surface area (Å²) in [6, 6.07) is 8.53. The van der Waals surface area contributed by atoms with Gasteiger partial charge in [-0.2, -0.15) is 0 Å². The largest absolute Gasteiger partial charge is 0.397 e. The number of pyridine rings is 1. The molecule has 1 aliphatic rings. The maximum atomic E-state index is 12.5. The van der Waals surface area contributed by atoms with Crippen molar-refractivity contribution in [1.29, 1.82) is 0 Å². The standard InChI is InChI=1S/C18H19ClN6O2/c1-18(8-14(26)25(2)17(21)24-18)10-4-3-5-12(6-10)23-16(27)15-13(20)7-11(19)9-22-15/h3-7,9H,8,20H2,1-2H3,(H2,21,24)(H,23,27). The quantitative estimate of drug-likeness (QED) is 0.743. The molecule has 0 saturated carbocycles. The molecule has 0 fully saturated rings. The molecule has 1 aromatic heterocycles. The first-order valence-corrected chi connectivity index (χ1v) is 8.52. The molecule has 9 heteroatoms. The molecule has 0 spiro atoms. The Morgan fingerprint density at radius 2 is 2.07 bits per heavy atom. The van der Waals surface area contributed by atoms with E-state index in [-0.39, 0.29) is 29.7 Å². The molecule has 0 aliphatic carbocycles. The number of nitrogens with two attached hydrogens (primary N) is 2. The number of aromatic nitrogens is 1. The van der Waals surface area contributed by atoms with Gasteiger partial charge in [-0.25, -0.2) is 9.98 Å². The van der Waals surface area contributed by atoms with E-state index in [0.29, 0.717) is 10.7 Å². The van der Waals surface area contributed by atoms with Gasteiger partial charge in [0.05, 0.1) is 22.7 Å². The van der Waals surface area contributed by atoms with Gasteiger partial charge in [0.2, 0.25) is 5.91 Å². The average molecular weight is 387 g/mol. The van der Waals surface area contributed by atoms with Crippen LogP contribution in [0.4, 0.5) is 11.4 Å². The summed E-state index contributed by atoms with van der Waals surface area (Å²) in [5.41, 5.74) is 12.4. The van der Waals surface area contributed by atoms with Gasteiger partial charge in [-0.05, 0) is 30.7 Å². The predicted molar refractivity (Wildman–Crippen MR) is 104 cm³/mol. The maximum absolute atomic E-state index is 12.5. The molecule has 3 rings (SSSR count). The summed E-state index contributed by atoms with van der Waals surface area (Å²) in [5.74, 6) is -0.437. The Morgan fingerprint density at radius 1 is 1.33 bits per heavy atom. The highest BCUT2D eigenvalue weighted by Gasteiger charge is 2.36. The van der Waals surface area contributed by atoms with E-state index in [9.17, 15) is 9.59 Å². The van der Waals surface area contributed by atoms with E-state index in [1.54, 1.807) is 25.2 Å². The van der Waals surface area contributed by atoms with Crippen molar-refractivity contribution in [2.45, 2.75) is 18.9 Å². The molecule has 0 radical (unpaired) electrons. The Morgan fingerprint density at radius 3 is 2.74 bits per heavy atom. The van der Waals surface area contributed by atoms with Gasteiger partial charge in [0, 0.05) is 18.9 Å². The van der Waals surface area contributed by atoms with E-state index >= 15 is 0 Å². The normalized spacial score (nSPS) is 19.6. The number of anilines is 2. The Balaban J connectivity index is 1.88. The zero-order valence-corrected chi connectivity index (χ0v) is 15.6. The minimum absolute atomic E-state index is 0.0766. The molecule has 1 aromatic carbocycles. The van der Waals surface area contributed by atoms with Crippen LogP contribution in [0.25, 0.3) is 0 Å². The van der Waals surface area contributed by atoms with Crippen LogP contribution in [0.5, 0.6) is 0 Å². The van der Waals surface area contributed by atoms with Gasteiger partial charge in [0.25, 0.3) is 5.91 Å². The van der Waals surface area contributed by atoms with Crippen LogP contribution in [-0.2, 0) is 10.3 Å². The fourth-order valence-electron chi connectivity index (χ4n) is 2.84. The number of amides is 2. The first-order valence-electron chi connectivity index (χ1n) is 8.14. The van der Waals surface area contributed by atoms with Gasteiger partial charge < -0.3 is 16.8 Å². The lowest BCUT2D eigenvalue weighted by molar-refractivity contribution is -0.128. The second kappa shape index (κ2) is 6.88. The highest BCUT2D eigenvalue weighted by atomic mass is 35.5. The highest BCUT2D eigenvalue weighted by molar-refractivity contribution is 6.30. The summed E-state index contributed by atoms with van der Waals surface area (Å²) in [4.78, 5) is 34.4. The number of rotatable bonds is 3. The smallest absolute Gasteiger partial charge is 0.276 e. The SMILES string of the molecule is CN1C(=O)CC(C)(c2cccc(NC(=O)c3ncc(Cl)cc3N)c2)N=C1N. The Kier molecular flexibility index (Phi) is 4.75. The number of carbonyl (C=O) groups excluding carboxylic acids is 2. The number of aliphatic imine (C=N–C) groups is 1. The van der Waals surface area contributed by atoms with Crippen LogP contribution < -0.4 is 16.8 Å². The summed E-state index contributed by atoms with van der Waals surface area (Å²) in [5, 5.41) is 3.10. The zero-order valence-electron chi connectivity index (χ0n) is 14.9. The van der Waals surface area contributed by atoms with Gasteiger partial charge in [-0.15, -0.1) is 0 Å². The minimum atomic E-state index is -0.814. The number of hydrogen-bond acceptors (Lipinski definition) is 6. The summed E-state index contributed by atoms with van der Waals surface area (Å²) in [6.45, 7) is 1.82. The molecule has 1 atom stereocenters. The molecule has 8 nitrogen and oxygen atoms in total. The lowest BCUT2D eigenvalue weighted by Gasteiger charge is -2.33. The Labute approximate surface area is 161 Å². The van der Waals surface area contributed by atoms with Gasteiger partial charge in [-0.1, -0.05) is 23.7 Å². The molecule has 140 valence electrons. The number of hydrogen-bond donors (Lipinski definition) is 3. The third-order valence-corrected chi connectivity index (χ3v) is 4.62. The number of nitrogens with zero attached hydrogens (tertiary/aromatic N) is 3. The van der Waals surface area contributed by atoms with Crippen molar-refractivity contribution in [2.75, 3.05) is 18.1 Å². The predicted octanol–water partition coefficient (Wildman–Crippen LogP) is 1.96. The van der Waals surface area contributed by atoms with E-state index in [1.165, 1.54) is 17.2 Å². The molecule has 27 heavy (non-hydrogen) atoms. The number of carbonyl (C=O) groups is 2. The monoisotopic (exact) mass is 386 g/mol. The van der Waals surface area contributed by atoms with Crippen molar-refractivity contribution < 1.29 is 9.59 Å². The number of guanidine groups is 1. The molecular weight excluding hydrogens is 368 g/mol. The topological polar surface area (TPSA) is 127 Å². The number of nitrogen functional groups attached to an aromatic ring is 1. The molecule has 0 bridgehead atoms. The lowest BCUT2D eigenvalue weighted by Crippen LogP contribution is -2.47. The van der Waals surface area contributed by atoms with Crippen LogP contribution in [-0.4, -0.2) is 34.7 Å². The van der Waals surface area contributed by atoms with E-state index in [2.05, 4.69) is 15.3 Å². The molecule has 0 saturated heterocycles. The van der Waals surface area contributed by atoms with E-state index in [0.717, 1.165) is 5.56 Å². The van der Waals surface area contributed by atoms with Crippen LogP contribution >= 0.6 is 11.6 Å². The van der Waals surface area contributed by atoms with Crippen molar-refractivity contribution in [3.8, 4) is 0 Å². The zero-order chi connectivity index (χ0) is 19.8. The second-order valence-electron chi connectivity index (χ2n) is 6.50. The van der Waals surface area contributed by atoms with Gasteiger partial charge in [0.1, 0.15) is 0 Å². The number of benzene rings is 1. The number of halogens is 1. The molecule has 2 amide bonds. The highest BCUT2D eigenvalue weighted by Crippen LogP contribution is 2.34. The minimum Gasteiger partial charge on any atom is -0.397 e. The molecule has 1 unspecified atom stereocenters. The van der Waals surface area contributed by atoms with Crippen LogP contribution in [0.15, 0.2) is 41.5 Å². The molecule has 2 aromatic rings. The first kappa shape index (κ1) is 18.7. The fourth-order valence-corrected chi connectivity index (χ4v) is 3.01. The van der Waals surface area contributed by atoms with Crippen LogP contribution in [0, 0.1) is 0 Å². The van der Waals surface area contributed by atoms with Crippen molar-refractivity contribution in [1.82, 2.24) is 9.88 Å². The Hall–Kier alpha value is -3.13. The van der Waals surface area contributed by atoms with Gasteiger partial charge in [0.15, 0.2) is 11.7 Å². The van der Waals surface area contributed by atoms with Gasteiger partial charge >= 0.3 is 0 Å². The average Bonchev–Trinajstić information content (AvgIpc) is 2.59. The van der Waals surface area contributed by atoms with Crippen LogP contribution in [0.3, 0.4) is 0 Å². The van der Waals surface area contributed by atoms with Crippen LogP contribution in [0.2, 0.25) is 5.02 Å². The van der Waals surface area contributed by atoms with Crippen molar-refractivity contribution >= 4 is 40.7 Å². The second-order valence-corrected chi connectivity index (χ2v) is 6.94. The maximum Gasteiger partial charge on any atom is 0.276 e. The van der Waals surface area contributed by atoms with E-state index in [4.69, 9.17) is 23.1 Å². The molecule has 5 N–H and O–H groups in total. The molecule has 2 heterocycles. The van der Waals surface area contributed by atoms with Gasteiger partial charge in [-0.3, -0.25) is 14.5 Å². The lowest BCUT2D eigenvalue weighted by atomic mass is 9.87. The molecule has 1 aliphatic heterocycles. The van der Waals surface area contributed by atoms with E-state index in [1.807, 2.05) is 13.0 Å². The first-order chi connectivity index (χ1) is 12.7. The van der Waals surface area contributed by atoms with Crippen LogP contribution in [0.1, 0.15) is 29.4 Å². The third kappa shape index (κ3) is 3.70. The van der Waals surface area contributed by atoms with E-state index < -0.39 is 11.4 Å². The van der Waals surface area contributed by atoms with Crippen molar-refractivity contribution in [3.63, 3.8) is 0 Å². The fraction of sp³-hybridized carbons (Fsp3) is 0.222. The van der Waals surface area contributed by atoms with Crippen molar-refractivity contribution in [2.24, 2.45) is 10.7 Å². The summed E-state index contributed by atoms with van der Waals surface area (Å²) in [6.07, 6.45) is 1.53. The summed E-state index contributed by atoms with van der Waals surface area (Å²) >= 11 is 5.81. The third-order valence-electron chi connectivity index (χ3n) is 4.42. The summed E-state index contributed by atoms with van der Waals surface area (Å²) < 4.78 is 0. The molecular formula is C18H19ClN6O2. The summed E-state index contributed by atoms with van der Waals surface area (Å²) in [7, 11) is 1.58. The Bertz CT molecular complexity index is 961. The van der Waals surface area contributed by atoms with Crippen molar-refractivity contribution in [3.05, 3.63) is 52.8 Å². The number of nitrogens with one attached hydrogen (secondary N) is 1.